The number of likely N-dealkylation sites (tertiary alicyclic amines) is 1. The van der Waals surface area contributed by atoms with Crippen molar-refractivity contribution < 1.29 is 9.84 Å². The average molecular weight is 276 g/mol. The van der Waals surface area contributed by atoms with Crippen LogP contribution in [0.5, 0.6) is 5.75 Å². The molecule has 110 valence electrons. The highest BCUT2D eigenvalue weighted by atomic mass is 16.5. The molecular formula is C16H24N2O2. The van der Waals surface area contributed by atoms with Gasteiger partial charge < -0.3 is 9.84 Å². The average Bonchev–Trinajstić information content (AvgIpc) is 2.97. The molecule has 1 aromatic rings. The van der Waals surface area contributed by atoms with Crippen molar-refractivity contribution in [2.24, 2.45) is 0 Å². The largest absolute Gasteiger partial charge is 0.508 e. The van der Waals surface area contributed by atoms with Gasteiger partial charge in [0.1, 0.15) is 5.75 Å². The van der Waals surface area contributed by atoms with E-state index in [0.29, 0.717) is 17.8 Å². The maximum atomic E-state index is 9.62. The first-order chi connectivity index (χ1) is 9.74. The Kier molecular flexibility index (Phi) is 4.24. The summed E-state index contributed by atoms with van der Waals surface area (Å²) >= 11 is 0. The second-order valence-electron chi connectivity index (χ2n) is 5.86. The molecule has 0 aromatic heterocycles. The molecule has 1 aromatic carbocycles. The van der Waals surface area contributed by atoms with E-state index in [-0.39, 0.29) is 0 Å². The maximum Gasteiger partial charge on any atom is 0.115 e. The van der Waals surface area contributed by atoms with E-state index in [1.165, 1.54) is 12.0 Å². The van der Waals surface area contributed by atoms with Crippen LogP contribution in [0.1, 0.15) is 24.9 Å². The lowest BCUT2D eigenvalue weighted by atomic mass is 10.1. The van der Waals surface area contributed by atoms with Crippen LogP contribution in [0.3, 0.4) is 0 Å². The van der Waals surface area contributed by atoms with Crippen LogP contribution < -0.4 is 0 Å². The van der Waals surface area contributed by atoms with Crippen molar-refractivity contribution in [1.82, 2.24) is 9.80 Å². The molecule has 2 fully saturated rings. The highest BCUT2D eigenvalue weighted by Gasteiger charge is 2.31. The Labute approximate surface area is 120 Å². The van der Waals surface area contributed by atoms with Crippen molar-refractivity contribution in [3.8, 4) is 5.75 Å². The number of hydrogen-bond donors (Lipinski definition) is 1. The molecule has 2 heterocycles. The minimum atomic E-state index is 0.360. The molecule has 0 spiro atoms. The molecule has 4 heteroatoms. The third-order valence-electron chi connectivity index (χ3n) is 4.66. The van der Waals surface area contributed by atoms with Gasteiger partial charge in [-0.1, -0.05) is 12.1 Å². The molecule has 0 bridgehead atoms. The summed E-state index contributed by atoms with van der Waals surface area (Å²) in [6, 6.07) is 8.68. The Morgan fingerprint density at radius 3 is 2.80 bits per heavy atom. The second kappa shape index (κ2) is 6.12. The summed E-state index contributed by atoms with van der Waals surface area (Å²) in [7, 11) is 0. The summed E-state index contributed by atoms with van der Waals surface area (Å²) in [5, 5.41) is 9.62. The summed E-state index contributed by atoms with van der Waals surface area (Å²) in [4.78, 5) is 5.09. The van der Waals surface area contributed by atoms with Gasteiger partial charge in [0.15, 0.2) is 0 Å². The fourth-order valence-corrected chi connectivity index (χ4v) is 3.36. The SMILES string of the molecule is CC(c1cccc(O)c1)N1CCC(N2CCOCC2)C1. The van der Waals surface area contributed by atoms with Crippen molar-refractivity contribution in [3.05, 3.63) is 29.8 Å². The van der Waals surface area contributed by atoms with E-state index in [0.717, 1.165) is 39.4 Å². The number of benzene rings is 1. The van der Waals surface area contributed by atoms with E-state index >= 15 is 0 Å². The Morgan fingerprint density at radius 2 is 2.05 bits per heavy atom. The van der Waals surface area contributed by atoms with Crippen LogP contribution in [0.15, 0.2) is 24.3 Å². The highest BCUT2D eigenvalue weighted by Crippen LogP contribution is 2.28. The molecule has 0 radical (unpaired) electrons. The van der Waals surface area contributed by atoms with Gasteiger partial charge in [-0.25, -0.2) is 0 Å². The fraction of sp³-hybridized carbons (Fsp3) is 0.625. The first-order valence-electron chi connectivity index (χ1n) is 7.59. The first kappa shape index (κ1) is 13.9. The molecule has 0 amide bonds. The molecule has 0 saturated carbocycles. The molecule has 3 rings (SSSR count). The fourth-order valence-electron chi connectivity index (χ4n) is 3.36. The van der Waals surface area contributed by atoms with Crippen LogP contribution in [0.25, 0.3) is 0 Å². The smallest absolute Gasteiger partial charge is 0.115 e. The Bertz CT molecular complexity index is 446. The quantitative estimate of drug-likeness (QED) is 0.914. The molecule has 0 aliphatic carbocycles. The van der Waals surface area contributed by atoms with Crippen LogP contribution in [-0.4, -0.2) is 60.3 Å². The summed E-state index contributed by atoms with van der Waals surface area (Å²) in [6.07, 6.45) is 1.24. The molecule has 2 atom stereocenters. The van der Waals surface area contributed by atoms with Gasteiger partial charge in [-0.05, 0) is 31.0 Å². The summed E-state index contributed by atoms with van der Waals surface area (Å²) in [5.41, 5.74) is 1.20. The van der Waals surface area contributed by atoms with E-state index in [1.54, 1.807) is 6.07 Å². The maximum absolute atomic E-state index is 9.62. The molecule has 1 N–H and O–H groups in total. The van der Waals surface area contributed by atoms with Crippen molar-refractivity contribution in [3.63, 3.8) is 0 Å². The van der Waals surface area contributed by atoms with Crippen LogP contribution >= 0.6 is 0 Å². The topological polar surface area (TPSA) is 35.9 Å². The Morgan fingerprint density at radius 1 is 1.25 bits per heavy atom. The lowest BCUT2D eigenvalue weighted by Crippen LogP contribution is -2.44. The number of nitrogens with zero attached hydrogens (tertiary/aromatic N) is 2. The van der Waals surface area contributed by atoms with Crippen molar-refractivity contribution >= 4 is 0 Å². The van der Waals surface area contributed by atoms with E-state index in [1.807, 2.05) is 12.1 Å². The van der Waals surface area contributed by atoms with Crippen LogP contribution in [-0.2, 0) is 4.74 Å². The van der Waals surface area contributed by atoms with Crippen LogP contribution in [0.4, 0.5) is 0 Å². The number of hydrogen-bond acceptors (Lipinski definition) is 4. The zero-order valence-corrected chi connectivity index (χ0v) is 12.2. The van der Waals surface area contributed by atoms with E-state index in [4.69, 9.17) is 4.74 Å². The minimum absolute atomic E-state index is 0.360. The van der Waals surface area contributed by atoms with Gasteiger partial charge in [0.25, 0.3) is 0 Å². The van der Waals surface area contributed by atoms with Gasteiger partial charge in [-0.3, -0.25) is 9.80 Å². The molecule has 4 nitrogen and oxygen atoms in total. The lowest BCUT2D eigenvalue weighted by Gasteiger charge is -2.33. The Balaban J connectivity index is 1.61. The first-order valence-corrected chi connectivity index (χ1v) is 7.59. The number of ether oxygens (including phenoxy) is 1. The predicted octanol–water partition coefficient (Wildman–Crippen LogP) is 1.86. The van der Waals surface area contributed by atoms with Gasteiger partial charge in [0.05, 0.1) is 13.2 Å². The van der Waals surface area contributed by atoms with Gasteiger partial charge in [0, 0.05) is 38.3 Å². The predicted molar refractivity (Wildman–Crippen MR) is 78.9 cm³/mol. The van der Waals surface area contributed by atoms with Crippen LogP contribution in [0.2, 0.25) is 0 Å². The van der Waals surface area contributed by atoms with Crippen molar-refractivity contribution in [2.75, 3.05) is 39.4 Å². The van der Waals surface area contributed by atoms with Crippen molar-refractivity contribution in [1.29, 1.82) is 0 Å². The molecule has 2 aliphatic rings. The molecule has 2 saturated heterocycles. The van der Waals surface area contributed by atoms with Gasteiger partial charge in [-0.15, -0.1) is 0 Å². The van der Waals surface area contributed by atoms with E-state index in [2.05, 4.69) is 22.8 Å². The van der Waals surface area contributed by atoms with Gasteiger partial charge in [0.2, 0.25) is 0 Å². The third kappa shape index (κ3) is 2.97. The van der Waals surface area contributed by atoms with Crippen LogP contribution in [0, 0.1) is 0 Å². The number of aromatic hydroxyl groups is 1. The summed E-state index contributed by atoms with van der Waals surface area (Å²) in [6.45, 7) is 8.38. The lowest BCUT2D eigenvalue weighted by molar-refractivity contribution is 0.0177. The zero-order valence-electron chi connectivity index (χ0n) is 12.2. The second-order valence-corrected chi connectivity index (χ2v) is 5.86. The zero-order chi connectivity index (χ0) is 13.9. The molecular weight excluding hydrogens is 252 g/mol. The molecule has 20 heavy (non-hydrogen) atoms. The van der Waals surface area contributed by atoms with Crippen molar-refractivity contribution in [2.45, 2.75) is 25.4 Å². The number of phenolic OH excluding ortho intramolecular Hbond substituents is 1. The number of morpholine rings is 1. The summed E-state index contributed by atoms with van der Waals surface area (Å²) < 4.78 is 5.43. The Hall–Kier alpha value is -1.10. The molecule has 2 unspecified atom stereocenters. The number of phenols is 1. The van der Waals surface area contributed by atoms with Gasteiger partial charge in [-0.2, -0.15) is 0 Å². The standard InChI is InChI=1S/C16H24N2O2/c1-13(14-3-2-4-16(19)11-14)18-6-5-15(12-18)17-7-9-20-10-8-17/h2-4,11,13,15,19H,5-10,12H2,1H3. The molecule has 2 aliphatic heterocycles. The normalized spacial score (nSPS) is 26.8. The monoisotopic (exact) mass is 276 g/mol. The van der Waals surface area contributed by atoms with E-state index < -0.39 is 0 Å². The third-order valence-corrected chi connectivity index (χ3v) is 4.66. The van der Waals surface area contributed by atoms with E-state index in [9.17, 15) is 5.11 Å². The summed E-state index contributed by atoms with van der Waals surface area (Å²) in [5.74, 6) is 0.360. The number of rotatable bonds is 3. The van der Waals surface area contributed by atoms with Gasteiger partial charge >= 0.3 is 0 Å². The highest BCUT2D eigenvalue weighted by molar-refractivity contribution is 5.29. The minimum Gasteiger partial charge on any atom is -0.508 e.